The van der Waals surface area contributed by atoms with Crippen LogP contribution in [-0.4, -0.2) is 5.78 Å². The van der Waals surface area contributed by atoms with Gasteiger partial charge in [-0.2, -0.15) is 0 Å². The number of benzene rings is 2. The molecule has 0 amide bonds. The molecule has 2 unspecified atom stereocenters. The van der Waals surface area contributed by atoms with E-state index in [1.54, 1.807) is 0 Å². The third-order valence-corrected chi connectivity index (χ3v) is 4.43. The zero-order chi connectivity index (χ0) is 13.7. The lowest BCUT2D eigenvalue weighted by atomic mass is 9.89. The fraction of sp³-hybridized carbons (Fsp3) is 0.118. The minimum Gasteiger partial charge on any atom is -0.357 e. The summed E-state index contributed by atoms with van der Waals surface area (Å²) in [6.45, 7) is 0. The van der Waals surface area contributed by atoms with E-state index in [9.17, 15) is 4.79 Å². The Kier molecular flexibility index (Phi) is 2.79. The predicted octanol–water partition coefficient (Wildman–Crippen LogP) is 4.20. The molecular formula is C17H11IO2. The maximum atomic E-state index is 12.8. The first-order chi connectivity index (χ1) is 9.74. The molecule has 2 aromatic rings. The monoisotopic (exact) mass is 374 g/mol. The lowest BCUT2D eigenvalue weighted by Gasteiger charge is -2.13. The van der Waals surface area contributed by atoms with Gasteiger partial charge in [-0.3, -0.25) is 4.79 Å². The van der Waals surface area contributed by atoms with Gasteiger partial charge in [0.2, 0.25) is 0 Å². The second-order valence-corrected chi connectivity index (χ2v) is 6.26. The van der Waals surface area contributed by atoms with Gasteiger partial charge in [-0.05, 0) is 40.3 Å². The highest BCUT2D eigenvalue weighted by Gasteiger charge is 2.37. The van der Waals surface area contributed by atoms with E-state index in [4.69, 9.17) is 4.74 Å². The first-order valence-electron chi connectivity index (χ1n) is 6.51. The average molecular weight is 374 g/mol. The highest BCUT2D eigenvalue weighted by atomic mass is 127. The molecule has 0 aliphatic carbocycles. The van der Waals surface area contributed by atoms with E-state index in [-0.39, 0.29) is 18.0 Å². The van der Waals surface area contributed by atoms with Crippen molar-refractivity contribution in [2.75, 3.05) is 0 Å². The maximum Gasteiger partial charge on any atom is 0.193 e. The molecule has 2 heterocycles. The molecule has 0 fully saturated rings. The van der Waals surface area contributed by atoms with Crippen LogP contribution in [0, 0.1) is 3.57 Å². The molecule has 0 N–H and O–H groups in total. The molecule has 0 saturated heterocycles. The lowest BCUT2D eigenvalue weighted by Crippen LogP contribution is -2.08. The first-order valence-corrected chi connectivity index (χ1v) is 7.59. The zero-order valence-corrected chi connectivity index (χ0v) is 12.7. The molecule has 2 atom stereocenters. The molecule has 98 valence electrons. The fourth-order valence-electron chi connectivity index (χ4n) is 2.92. The Hall–Kier alpha value is -1.46. The summed E-state index contributed by atoms with van der Waals surface area (Å²) >= 11 is 2.26. The van der Waals surface area contributed by atoms with Gasteiger partial charge in [0.1, 0.15) is 12.2 Å². The molecule has 0 aromatic heterocycles. The second-order valence-electron chi connectivity index (χ2n) is 5.01. The van der Waals surface area contributed by atoms with Crippen LogP contribution in [0.25, 0.3) is 0 Å². The van der Waals surface area contributed by atoms with E-state index in [1.807, 2.05) is 42.5 Å². The van der Waals surface area contributed by atoms with Crippen molar-refractivity contribution in [2.45, 2.75) is 12.2 Å². The summed E-state index contributed by atoms with van der Waals surface area (Å²) in [5.74, 6) is 0.0740. The van der Waals surface area contributed by atoms with Crippen LogP contribution >= 0.6 is 22.6 Å². The summed E-state index contributed by atoms with van der Waals surface area (Å²) in [5, 5.41) is 0. The molecule has 2 aliphatic rings. The highest BCUT2D eigenvalue weighted by Crippen LogP contribution is 2.48. The smallest absolute Gasteiger partial charge is 0.193 e. The van der Waals surface area contributed by atoms with E-state index in [1.165, 1.54) is 0 Å². The van der Waals surface area contributed by atoms with Crippen LogP contribution in [0.5, 0.6) is 0 Å². The van der Waals surface area contributed by atoms with Crippen molar-refractivity contribution in [3.63, 3.8) is 0 Å². The molecule has 20 heavy (non-hydrogen) atoms. The molecule has 2 nitrogen and oxygen atoms in total. The molecule has 0 radical (unpaired) electrons. The lowest BCUT2D eigenvalue weighted by molar-refractivity contribution is 0.0867. The Morgan fingerprint density at radius 3 is 2.60 bits per heavy atom. The minimum absolute atomic E-state index is 0.0204. The molecule has 3 heteroatoms. The summed E-state index contributed by atoms with van der Waals surface area (Å²) in [5.41, 5.74) is 3.69. The van der Waals surface area contributed by atoms with E-state index >= 15 is 0 Å². The van der Waals surface area contributed by atoms with Crippen LogP contribution in [0.3, 0.4) is 0 Å². The van der Waals surface area contributed by atoms with Crippen molar-refractivity contribution >= 4 is 28.4 Å². The van der Waals surface area contributed by atoms with Gasteiger partial charge in [-0.25, -0.2) is 0 Å². The van der Waals surface area contributed by atoms with Crippen LogP contribution in [0.15, 0.2) is 54.6 Å². The summed E-state index contributed by atoms with van der Waals surface area (Å²) in [4.78, 5) is 12.8. The van der Waals surface area contributed by atoms with Crippen molar-refractivity contribution in [2.24, 2.45) is 0 Å². The quantitative estimate of drug-likeness (QED) is 0.447. The van der Waals surface area contributed by atoms with Crippen LogP contribution in [0.4, 0.5) is 0 Å². The molecule has 2 aliphatic heterocycles. The normalized spacial score (nSPS) is 22.1. The fourth-order valence-corrected chi connectivity index (χ4v) is 3.56. The minimum atomic E-state index is -0.0605. The van der Waals surface area contributed by atoms with Crippen molar-refractivity contribution in [3.05, 3.63) is 80.4 Å². The van der Waals surface area contributed by atoms with Gasteiger partial charge in [0, 0.05) is 20.3 Å². The number of hydrogen-bond acceptors (Lipinski definition) is 2. The third kappa shape index (κ3) is 1.77. The molecular weight excluding hydrogens is 363 g/mol. The van der Waals surface area contributed by atoms with Crippen molar-refractivity contribution in [1.29, 1.82) is 0 Å². The van der Waals surface area contributed by atoms with E-state index < -0.39 is 0 Å². The Morgan fingerprint density at radius 2 is 1.80 bits per heavy atom. The third-order valence-electron chi connectivity index (χ3n) is 3.80. The van der Waals surface area contributed by atoms with Crippen molar-refractivity contribution < 1.29 is 9.53 Å². The standard InChI is InChI=1S/C17H11IO2/c18-11-8-12-14-6-7-15(20-14)16(12)13(9-11)17(19)10-4-2-1-3-5-10/h1-9,14-15H. The molecule has 0 spiro atoms. The van der Waals surface area contributed by atoms with Crippen LogP contribution < -0.4 is 0 Å². The van der Waals surface area contributed by atoms with Crippen LogP contribution in [0.1, 0.15) is 39.3 Å². The zero-order valence-electron chi connectivity index (χ0n) is 10.5. The number of fused-ring (bicyclic) bond motifs is 5. The van der Waals surface area contributed by atoms with Crippen molar-refractivity contribution in [1.82, 2.24) is 0 Å². The van der Waals surface area contributed by atoms with Gasteiger partial charge in [-0.15, -0.1) is 0 Å². The summed E-state index contributed by atoms with van der Waals surface area (Å²) in [6, 6.07) is 13.5. The number of rotatable bonds is 2. The molecule has 2 bridgehead atoms. The highest BCUT2D eigenvalue weighted by molar-refractivity contribution is 14.1. The molecule has 2 aromatic carbocycles. The maximum absolute atomic E-state index is 12.8. The summed E-state index contributed by atoms with van der Waals surface area (Å²) in [6.07, 6.45) is 4.07. The number of ether oxygens (including phenoxy) is 1. The Balaban J connectivity index is 1.89. The van der Waals surface area contributed by atoms with E-state index in [2.05, 4.69) is 34.7 Å². The number of ketones is 1. The van der Waals surface area contributed by atoms with E-state index in [0.717, 1.165) is 25.8 Å². The summed E-state index contributed by atoms with van der Waals surface area (Å²) < 4.78 is 6.93. The predicted molar refractivity (Wildman–Crippen MR) is 84.7 cm³/mol. The largest absolute Gasteiger partial charge is 0.357 e. The Bertz CT molecular complexity index is 734. The van der Waals surface area contributed by atoms with Crippen molar-refractivity contribution in [3.8, 4) is 0 Å². The molecule has 4 rings (SSSR count). The topological polar surface area (TPSA) is 26.3 Å². The van der Waals surface area contributed by atoms with Gasteiger partial charge in [-0.1, -0.05) is 42.5 Å². The van der Waals surface area contributed by atoms with Crippen LogP contribution in [-0.2, 0) is 4.74 Å². The Morgan fingerprint density at radius 1 is 1.05 bits per heavy atom. The van der Waals surface area contributed by atoms with Gasteiger partial charge in [0.05, 0.1) is 0 Å². The van der Waals surface area contributed by atoms with Gasteiger partial charge < -0.3 is 4.74 Å². The number of halogens is 1. The number of hydrogen-bond donors (Lipinski definition) is 0. The summed E-state index contributed by atoms with van der Waals surface area (Å²) in [7, 11) is 0. The second kappa shape index (κ2) is 4.53. The average Bonchev–Trinajstić information content (AvgIpc) is 3.08. The van der Waals surface area contributed by atoms with Crippen LogP contribution in [0.2, 0.25) is 0 Å². The number of carbonyl (C=O) groups is 1. The number of carbonyl (C=O) groups excluding carboxylic acids is 1. The van der Waals surface area contributed by atoms with Gasteiger partial charge >= 0.3 is 0 Å². The SMILES string of the molecule is O=C(c1ccccc1)c1cc(I)cc2c1C1C=CC2O1. The van der Waals surface area contributed by atoms with Gasteiger partial charge in [0.25, 0.3) is 0 Å². The first kappa shape index (κ1) is 12.3. The van der Waals surface area contributed by atoms with Gasteiger partial charge in [0.15, 0.2) is 5.78 Å². The van der Waals surface area contributed by atoms with E-state index in [0.29, 0.717) is 0 Å². The Labute approximate surface area is 130 Å². The molecule has 0 saturated carbocycles.